The lowest BCUT2D eigenvalue weighted by Crippen LogP contribution is -2.42. The lowest BCUT2D eigenvalue weighted by atomic mass is 10.1. The number of amides is 1. The Bertz CT molecular complexity index is 560. The number of rotatable bonds is 5. The number of carbonyl (C=O) groups is 2. The van der Waals surface area contributed by atoms with Crippen molar-refractivity contribution in [3.63, 3.8) is 0 Å². The highest BCUT2D eigenvalue weighted by atomic mass is 16.4. The van der Waals surface area contributed by atoms with Crippen LogP contribution < -0.4 is 10.9 Å². The van der Waals surface area contributed by atoms with E-state index in [1.807, 2.05) is 0 Å². The Morgan fingerprint density at radius 2 is 2.16 bits per heavy atom. The lowest BCUT2D eigenvalue weighted by molar-refractivity contribution is -0.139. The summed E-state index contributed by atoms with van der Waals surface area (Å²) in [5.41, 5.74) is -0.142. The smallest absolute Gasteiger partial charge is 0.326 e. The minimum Gasteiger partial charge on any atom is -0.480 e. The first kappa shape index (κ1) is 13.3. The van der Waals surface area contributed by atoms with Crippen LogP contribution in [0.1, 0.15) is 29.8 Å². The van der Waals surface area contributed by atoms with E-state index in [1.54, 1.807) is 0 Å². The van der Waals surface area contributed by atoms with Crippen molar-refractivity contribution in [2.45, 2.75) is 25.3 Å². The monoisotopic (exact) mass is 264 g/mol. The summed E-state index contributed by atoms with van der Waals surface area (Å²) in [6.45, 7) is 0. The lowest BCUT2D eigenvalue weighted by Gasteiger charge is -2.15. The third-order valence-corrected chi connectivity index (χ3v) is 3.29. The Labute approximate surface area is 110 Å². The molecule has 0 aliphatic heterocycles. The SMILES string of the molecule is Cn1c(C(=O)NC(CC2CC2)C(=O)O)cccc1=O. The van der Waals surface area contributed by atoms with E-state index < -0.39 is 17.9 Å². The fourth-order valence-electron chi connectivity index (χ4n) is 1.93. The summed E-state index contributed by atoms with van der Waals surface area (Å²) < 4.78 is 1.20. The molecule has 2 N–H and O–H groups in total. The summed E-state index contributed by atoms with van der Waals surface area (Å²) >= 11 is 0. The van der Waals surface area contributed by atoms with Crippen molar-refractivity contribution in [2.75, 3.05) is 0 Å². The summed E-state index contributed by atoms with van der Waals surface area (Å²) in [6, 6.07) is 3.42. The molecule has 1 aromatic heterocycles. The molecule has 0 bridgehead atoms. The van der Waals surface area contributed by atoms with Crippen molar-refractivity contribution < 1.29 is 14.7 Å². The van der Waals surface area contributed by atoms with Gasteiger partial charge in [-0.1, -0.05) is 18.9 Å². The van der Waals surface area contributed by atoms with E-state index in [2.05, 4.69) is 5.32 Å². The molecular formula is C13H16N2O4. The van der Waals surface area contributed by atoms with E-state index in [0.717, 1.165) is 12.8 Å². The maximum absolute atomic E-state index is 12.0. The number of nitrogens with zero attached hydrogens (tertiary/aromatic N) is 1. The normalized spacial score (nSPS) is 15.8. The maximum atomic E-state index is 12.0. The van der Waals surface area contributed by atoms with Crippen molar-refractivity contribution in [1.82, 2.24) is 9.88 Å². The highest BCUT2D eigenvalue weighted by Crippen LogP contribution is 2.33. The summed E-state index contributed by atoms with van der Waals surface area (Å²) in [6.07, 6.45) is 2.48. The molecule has 1 saturated carbocycles. The van der Waals surface area contributed by atoms with Crippen LogP contribution in [-0.2, 0) is 11.8 Å². The van der Waals surface area contributed by atoms with Gasteiger partial charge in [0, 0.05) is 13.1 Å². The number of aromatic nitrogens is 1. The van der Waals surface area contributed by atoms with Crippen LogP contribution in [0.2, 0.25) is 0 Å². The van der Waals surface area contributed by atoms with Gasteiger partial charge in [0.05, 0.1) is 0 Å². The maximum Gasteiger partial charge on any atom is 0.326 e. The van der Waals surface area contributed by atoms with Gasteiger partial charge < -0.3 is 15.0 Å². The Balaban J connectivity index is 2.11. The second-order valence-electron chi connectivity index (χ2n) is 4.85. The van der Waals surface area contributed by atoms with Gasteiger partial charge in [0.2, 0.25) is 0 Å². The first-order valence-electron chi connectivity index (χ1n) is 6.18. The number of nitrogens with one attached hydrogen (secondary N) is 1. The second kappa shape index (κ2) is 5.26. The van der Waals surface area contributed by atoms with Crippen LogP contribution in [0, 0.1) is 5.92 Å². The average Bonchev–Trinajstić information content (AvgIpc) is 3.15. The molecule has 0 aromatic carbocycles. The van der Waals surface area contributed by atoms with E-state index in [1.165, 1.54) is 29.8 Å². The first-order valence-corrected chi connectivity index (χ1v) is 6.18. The molecule has 0 saturated heterocycles. The number of hydrogen-bond donors (Lipinski definition) is 2. The molecule has 1 fully saturated rings. The van der Waals surface area contributed by atoms with Gasteiger partial charge in [0.1, 0.15) is 11.7 Å². The standard InChI is InChI=1S/C13H16N2O4/c1-15-10(3-2-4-11(15)16)12(17)14-9(13(18)19)7-8-5-6-8/h2-4,8-9H,5-7H2,1H3,(H,14,17)(H,18,19). The third kappa shape index (κ3) is 3.21. The van der Waals surface area contributed by atoms with Gasteiger partial charge in [-0.2, -0.15) is 0 Å². The molecule has 1 atom stereocenters. The van der Waals surface area contributed by atoms with Crippen molar-refractivity contribution in [3.8, 4) is 0 Å². The van der Waals surface area contributed by atoms with Gasteiger partial charge in [-0.25, -0.2) is 4.79 Å². The molecule has 6 nitrogen and oxygen atoms in total. The van der Waals surface area contributed by atoms with Crippen LogP contribution in [-0.4, -0.2) is 27.6 Å². The number of carboxylic acids is 1. The van der Waals surface area contributed by atoms with Crippen molar-refractivity contribution in [1.29, 1.82) is 0 Å². The molecular weight excluding hydrogens is 248 g/mol. The highest BCUT2D eigenvalue weighted by Gasteiger charge is 2.30. The summed E-state index contributed by atoms with van der Waals surface area (Å²) in [4.78, 5) is 34.5. The predicted octanol–water partition coefficient (Wildman–Crippen LogP) is 0.368. The summed E-state index contributed by atoms with van der Waals surface area (Å²) in [5.74, 6) is -1.18. The quantitative estimate of drug-likeness (QED) is 0.804. The number of carbonyl (C=O) groups excluding carboxylic acids is 1. The molecule has 0 radical (unpaired) electrons. The zero-order valence-corrected chi connectivity index (χ0v) is 10.6. The third-order valence-electron chi connectivity index (χ3n) is 3.29. The Morgan fingerprint density at radius 3 is 2.74 bits per heavy atom. The molecule has 1 amide bonds. The van der Waals surface area contributed by atoms with E-state index in [9.17, 15) is 14.4 Å². The Hall–Kier alpha value is -2.11. The molecule has 19 heavy (non-hydrogen) atoms. The Kier molecular flexibility index (Phi) is 3.69. The van der Waals surface area contributed by atoms with Crippen LogP contribution in [0.4, 0.5) is 0 Å². The van der Waals surface area contributed by atoms with Crippen LogP contribution in [0.5, 0.6) is 0 Å². The summed E-state index contributed by atoms with van der Waals surface area (Å²) in [7, 11) is 1.48. The minimum absolute atomic E-state index is 0.162. The predicted molar refractivity (Wildman–Crippen MR) is 67.9 cm³/mol. The van der Waals surface area contributed by atoms with E-state index in [4.69, 9.17) is 5.11 Å². The number of hydrogen-bond acceptors (Lipinski definition) is 3. The fraction of sp³-hybridized carbons (Fsp3) is 0.462. The van der Waals surface area contributed by atoms with E-state index in [-0.39, 0.29) is 11.3 Å². The fourth-order valence-corrected chi connectivity index (χ4v) is 1.93. The molecule has 1 unspecified atom stereocenters. The summed E-state index contributed by atoms with van der Waals surface area (Å²) in [5, 5.41) is 11.6. The van der Waals surface area contributed by atoms with Gasteiger partial charge in [0.25, 0.3) is 11.5 Å². The van der Waals surface area contributed by atoms with Crippen molar-refractivity contribution >= 4 is 11.9 Å². The van der Waals surface area contributed by atoms with E-state index in [0.29, 0.717) is 12.3 Å². The highest BCUT2D eigenvalue weighted by molar-refractivity contribution is 5.95. The molecule has 102 valence electrons. The number of carboxylic acid groups (broad SMARTS) is 1. The van der Waals surface area contributed by atoms with Crippen LogP contribution >= 0.6 is 0 Å². The zero-order valence-electron chi connectivity index (χ0n) is 10.6. The molecule has 1 aromatic rings. The van der Waals surface area contributed by atoms with Crippen molar-refractivity contribution in [2.24, 2.45) is 13.0 Å². The Morgan fingerprint density at radius 1 is 1.47 bits per heavy atom. The zero-order chi connectivity index (χ0) is 14.0. The van der Waals surface area contributed by atoms with Crippen LogP contribution in [0.3, 0.4) is 0 Å². The number of pyridine rings is 1. The van der Waals surface area contributed by atoms with Crippen molar-refractivity contribution in [3.05, 3.63) is 34.2 Å². The molecule has 1 aliphatic carbocycles. The molecule has 6 heteroatoms. The topological polar surface area (TPSA) is 88.4 Å². The van der Waals surface area contributed by atoms with Crippen LogP contribution in [0.15, 0.2) is 23.0 Å². The van der Waals surface area contributed by atoms with Gasteiger partial charge in [-0.15, -0.1) is 0 Å². The second-order valence-corrected chi connectivity index (χ2v) is 4.85. The molecule has 1 aliphatic rings. The van der Waals surface area contributed by atoms with Gasteiger partial charge in [-0.3, -0.25) is 9.59 Å². The van der Waals surface area contributed by atoms with Gasteiger partial charge in [-0.05, 0) is 18.4 Å². The average molecular weight is 264 g/mol. The minimum atomic E-state index is -1.04. The first-order chi connectivity index (χ1) is 8.99. The molecule has 0 spiro atoms. The molecule has 1 heterocycles. The number of aliphatic carboxylic acids is 1. The van der Waals surface area contributed by atoms with Gasteiger partial charge in [0.15, 0.2) is 0 Å². The van der Waals surface area contributed by atoms with Crippen LogP contribution in [0.25, 0.3) is 0 Å². The van der Waals surface area contributed by atoms with Gasteiger partial charge >= 0.3 is 5.97 Å². The molecule has 2 rings (SSSR count). The largest absolute Gasteiger partial charge is 0.480 e. The van der Waals surface area contributed by atoms with E-state index >= 15 is 0 Å².